The second-order valence-corrected chi connectivity index (χ2v) is 14.0. The van der Waals surface area contributed by atoms with Crippen molar-refractivity contribution in [3.63, 3.8) is 0 Å². The number of ether oxygens (including phenoxy) is 2. The van der Waals surface area contributed by atoms with E-state index in [1.165, 1.54) is 29.7 Å². The fraction of sp³-hybridized carbons (Fsp3) is 0.314. The molecule has 4 N–H and O–H groups in total. The van der Waals surface area contributed by atoms with Crippen molar-refractivity contribution in [1.29, 1.82) is 0 Å². The molecular weight excluding hydrogens is 660 g/mol. The normalized spacial score (nSPS) is 17.4. The van der Waals surface area contributed by atoms with E-state index < -0.39 is 40.8 Å². The molecule has 0 spiro atoms. The number of β-lactam (4-membered cyclic amide) rings is 1. The van der Waals surface area contributed by atoms with E-state index in [-0.39, 0.29) is 53.7 Å². The molecular formula is C35H35ClN2O9S. The summed E-state index contributed by atoms with van der Waals surface area (Å²) in [6.07, 6.45) is 0.235. The van der Waals surface area contributed by atoms with Gasteiger partial charge in [-0.25, -0.2) is 4.79 Å². The average molecular weight is 695 g/mol. The van der Waals surface area contributed by atoms with Crippen molar-refractivity contribution in [2.45, 2.75) is 57.6 Å². The lowest BCUT2D eigenvalue weighted by Gasteiger charge is -2.49. The number of fused-ring (bicyclic) bond motifs is 1. The van der Waals surface area contributed by atoms with Crippen LogP contribution in [0.1, 0.15) is 60.3 Å². The van der Waals surface area contributed by atoms with Crippen LogP contribution in [0.15, 0.2) is 65.9 Å². The van der Waals surface area contributed by atoms with E-state index in [4.69, 9.17) is 21.1 Å². The molecule has 2 aliphatic heterocycles. The number of carbonyl (C=O) groups is 4. The van der Waals surface area contributed by atoms with Crippen LogP contribution in [-0.4, -0.2) is 73.3 Å². The van der Waals surface area contributed by atoms with Gasteiger partial charge >= 0.3 is 11.9 Å². The van der Waals surface area contributed by atoms with Gasteiger partial charge in [-0.15, -0.1) is 11.8 Å². The molecule has 252 valence electrons. The molecule has 48 heavy (non-hydrogen) atoms. The Morgan fingerprint density at radius 3 is 2.25 bits per heavy atom. The van der Waals surface area contributed by atoms with Crippen molar-refractivity contribution < 1.29 is 44.0 Å². The number of nitrogens with zero attached hydrogens (tertiary/aromatic N) is 1. The van der Waals surface area contributed by atoms with Crippen LogP contribution < -0.4 is 5.32 Å². The van der Waals surface area contributed by atoms with Crippen LogP contribution in [0.5, 0.6) is 17.2 Å². The van der Waals surface area contributed by atoms with E-state index in [9.17, 15) is 34.5 Å². The zero-order valence-electron chi connectivity index (χ0n) is 26.7. The third-order valence-electron chi connectivity index (χ3n) is 7.73. The number of rotatable bonds is 9. The molecule has 0 aliphatic carbocycles. The van der Waals surface area contributed by atoms with Gasteiger partial charge in [0.1, 0.15) is 46.6 Å². The number of nitrogens with one attached hydrogen (secondary N) is 1. The number of hydrogen-bond acceptors (Lipinski definition) is 10. The van der Waals surface area contributed by atoms with Crippen LogP contribution in [0, 0.1) is 0 Å². The largest absolute Gasteiger partial charge is 0.508 e. The van der Waals surface area contributed by atoms with E-state index in [2.05, 4.69) is 5.32 Å². The summed E-state index contributed by atoms with van der Waals surface area (Å²) in [5.41, 5.74) is 1.25. The number of benzene rings is 3. The Morgan fingerprint density at radius 1 is 0.958 bits per heavy atom. The number of thioether (sulfide) groups is 1. The number of aromatic hydroxyl groups is 3. The fourth-order valence-electron chi connectivity index (χ4n) is 5.49. The van der Waals surface area contributed by atoms with E-state index in [1.54, 1.807) is 69.3 Å². The van der Waals surface area contributed by atoms with Crippen LogP contribution in [0.25, 0.3) is 0 Å². The van der Waals surface area contributed by atoms with Crippen molar-refractivity contribution in [3.05, 3.63) is 98.7 Å². The third kappa shape index (κ3) is 7.39. The zero-order chi connectivity index (χ0) is 34.9. The van der Waals surface area contributed by atoms with Crippen molar-refractivity contribution in [2.24, 2.45) is 0 Å². The lowest BCUT2D eigenvalue weighted by atomic mass is 9.95. The molecule has 5 rings (SSSR count). The molecule has 13 heteroatoms. The van der Waals surface area contributed by atoms with Gasteiger partial charge in [0.15, 0.2) is 0 Å². The molecule has 3 aromatic carbocycles. The SMILES string of the molecule is CC(=O)OCC1=C(C(=O)OC(C)(C)C)N2C(=O)[C@@H](NC(=O)c3cccc(Cc4cc(Cl)cc(Cc5ccccc5O)c4O)c3O)[C@H]2SC1. The molecule has 2 atom stereocenters. The van der Waals surface area contributed by atoms with Gasteiger partial charge in [-0.3, -0.25) is 19.3 Å². The van der Waals surface area contributed by atoms with Crippen molar-refractivity contribution >= 4 is 47.1 Å². The molecule has 1 saturated heterocycles. The Balaban J connectivity index is 1.34. The van der Waals surface area contributed by atoms with Crippen LogP contribution in [-0.2, 0) is 36.7 Å². The second-order valence-electron chi connectivity index (χ2n) is 12.5. The number of phenolic OH excluding ortho intramolecular Hbond substituents is 3. The van der Waals surface area contributed by atoms with Gasteiger partial charge in [0.25, 0.3) is 11.8 Å². The molecule has 0 aromatic heterocycles. The minimum atomic E-state index is -1.01. The smallest absolute Gasteiger partial charge is 0.355 e. The van der Waals surface area contributed by atoms with Gasteiger partial charge < -0.3 is 30.1 Å². The summed E-state index contributed by atoms with van der Waals surface area (Å²) < 4.78 is 10.7. The highest BCUT2D eigenvalue weighted by Crippen LogP contribution is 2.42. The van der Waals surface area contributed by atoms with Gasteiger partial charge in [-0.2, -0.15) is 0 Å². The first kappa shape index (κ1) is 34.6. The highest BCUT2D eigenvalue weighted by atomic mass is 35.5. The van der Waals surface area contributed by atoms with Crippen LogP contribution >= 0.6 is 23.4 Å². The van der Waals surface area contributed by atoms with Gasteiger partial charge in [-0.1, -0.05) is 41.9 Å². The summed E-state index contributed by atoms with van der Waals surface area (Å²) in [5, 5.41) is 34.8. The molecule has 0 unspecified atom stereocenters. The van der Waals surface area contributed by atoms with E-state index in [1.807, 2.05) is 0 Å². The number of esters is 2. The number of hydrogen-bond donors (Lipinski definition) is 4. The second kappa shape index (κ2) is 13.8. The van der Waals surface area contributed by atoms with Crippen LogP contribution in [0.2, 0.25) is 5.02 Å². The molecule has 1 fully saturated rings. The van der Waals surface area contributed by atoms with Crippen LogP contribution in [0.4, 0.5) is 0 Å². The molecule has 2 heterocycles. The van der Waals surface area contributed by atoms with Crippen molar-refractivity contribution in [1.82, 2.24) is 10.2 Å². The number of para-hydroxylation sites is 2. The first-order valence-electron chi connectivity index (χ1n) is 15.1. The molecule has 0 radical (unpaired) electrons. The summed E-state index contributed by atoms with van der Waals surface area (Å²) in [6, 6.07) is 13.5. The predicted molar refractivity (Wildman–Crippen MR) is 179 cm³/mol. The molecule has 2 amide bonds. The van der Waals surface area contributed by atoms with E-state index >= 15 is 0 Å². The highest BCUT2D eigenvalue weighted by molar-refractivity contribution is 8.00. The molecule has 0 saturated carbocycles. The quantitative estimate of drug-likeness (QED) is 0.181. The lowest BCUT2D eigenvalue weighted by molar-refractivity contribution is -0.158. The maximum atomic E-state index is 13.4. The van der Waals surface area contributed by atoms with Gasteiger partial charge in [-0.05, 0) is 56.2 Å². The molecule has 11 nitrogen and oxygen atoms in total. The Kier molecular flexibility index (Phi) is 9.97. The Hall–Kier alpha value is -4.68. The van der Waals surface area contributed by atoms with Crippen molar-refractivity contribution in [2.75, 3.05) is 12.4 Å². The number of amides is 2. The first-order valence-corrected chi connectivity index (χ1v) is 16.5. The lowest BCUT2D eigenvalue weighted by Crippen LogP contribution is -2.70. The van der Waals surface area contributed by atoms with Crippen LogP contribution in [0.3, 0.4) is 0 Å². The fourth-order valence-corrected chi connectivity index (χ4v) is 7.08. The average Bonchev–Trinajstić information content (AvgIpc) is 3.01. The maximum Gasteiger partial charge on any atom is 0.355 e. The van der Waals surface area contributed by atoms with E-state index in [0.717, 1.165) is 0 Å². The Bertz CT molecular complexity index is 1830. The monoisotopic (exact) mass is 694 g/mol. The number of phenols is 3. The Morgan fingerprint density at radius 2 is 1.60 bits per heavy atom. The molecule has 3 aromatic rings. The van der Waals surface area contributed by atoms with Gasteiger partial charge in [0.2, 0.25) is 0 Å². The third-order valence-corrected chi connectivity index (χ3v) is 9.28. The predicted octanol–water partition coefficient (Wildman–Crippen LogP) is 4.81. The van der Waals surface area contributed by atoms with Gasteiger partial charge in [0, 0.05) is 47.2 Å². The summed E-state index contributed by atoms with van der Waals surface area (Å²) >= 11 is 7.66. The Labute approximate surface area is 286 Å². The summed E-state index contributed by atoms with van der Waals surface area (Å²) in [7, 11) is 0. The molecule has 0 bridgehead atoms. The summed E-state index contributed by atoms with van der Waals surface area (Å²) in [5.74, 6) is -2.63. The summed E-state index contributed by atoms with van der Waals surface area (Å²) in [6.45, 7) is 6.12. The topological polar surface area (TPSA) is 163 Å². The zero-order valence-corrected chi connectivity index (χ0v) is 28.3. The van der Waals surface area contributed by atoms with E-state index in [0.29, 0.717) is 32.8 Å². The maximum absolute atomic E-state index is 13.4. The highest BCUT2D eigenvalue weighted by Gasteiger charge is 2.55. The summed E-state index contributed by atoms with van der Waals surface area (Å²) in [4.78, 5) is 52.7. The minimum Gasteiger partial charge on any atom is -0.508 e. The first-order chi connectivity index (χ1) is 22.6. The minimum absolute atomic E-state index is 0.0153. The van der Waals surface area contributed by atoms with Crippen molar-refractivity contribution in [3.8, 4) is 17.2 Å². The number of halogens is 1. The van der Waals surface area contributed by atoms with Gasteiger partial charge in [0.05, 0.1) is 5.56 Å². The standard InChI is InChI=1S/C35H35ClN2O9S/c1-18(39)46-16-23-17-48-33-27(32(44)38(33)28(23)34(45)47-35(2,3)4)37-31(43)25-10-7-9-20(30(25)42)13-22-15-24(36)14-21(29(22)41)12-19-8-5-6-11-26(19)40/h5-11,14-15,27,33,40-42H,12-13,16-17H2,1-4H3,(H,37,43)/t27-,33-/m1/s1. The number of carbonyl (C=O) groups excluding carboxylic acids is 4. The molecule has 2 aliphatic rings.